The SMILES string of the molecule is CNC(C1CC1c1ccccc1)C(C)(C)OC. The molecule has 0 bridgehead atoms. The van der Waals surface area contributed by atoms with Crippen LogP contribution in [0.4, 0.5) is 0 Å². The van der Waals surface area contributed by atoms with Gasteiger partial charge in [0.15, 0.2) is 0 Å². The fraction of sp³-hybridized carbons (Fsp3) is 0.600. The summed E-state index contributed by atoms with van der Waals surface area (Å²) < 4.78 is 5.61. The lowest BCUT2D eigenvalue weighted by molar-refractivity contribution is -0.0149. The van der Waals surface area contributed by atoms with E-state index in [1.165, 1.54) is 12.0 Å². The van der Waals surface area contributed by atoms with Crippen LogP contribution in [0.3, 0.4) is 0 Å². The average molecular weight is 233 g/mol. The van der Waals surface area contributed by atoms with Gasteiger partial charge in [0, 0.05) is 13.2 Å². The molecule has 1 aromatic rings. The first-order valence-corrected chi connectivity index (χ1v) is 6.37. The summed E-state index contributed by atoms with van der Waals surface area (Å²) in [5.74, 6) is 1.39. The Kier molecular flexibility index (Phi) is 3.55. The molecule has 1 aromatic carbocycles. The summed E-state index contributed by atoms with van der Waals surface area (Å²) in [4.78, 5) is 0. The van der Waals surface area contributed by atoms with E-state index in [2.05, 4.69) is 49.5 Å². The Morgan fingerprint density at radius 3 is 2.47 bits per heavy atom. The molecule has 1 N–H and O–H groups in total. The summed E-state index contributed by atoms with van der Waals surface area (Å²) in [6.45, 7) is 4.32. The molecule has 3 unspecified atom stereocenters. The Bertz CT molecular complexity index is 360. The number of ether oxygens (including phenoxy) is 1. The van der Waals surface area contributed by atoms with Gasteiger partial charge in [0.25, 0.3) is 0 Å². The molecule has 0 aliphatic heterocycles. The first-order valence-electron chi connectivity index (χ1n) is 6.37. The number of likely N-dealkylation sites (N-methyl/N-ethyl adjacent to an activating group) is 1. The van der Waals surface area contributed by atoms with Gasteiger partial charge in [-0.1, -0.05) is 30.3 Å². The molecule has 1 aliphatic carbocycles. The molecule has 0 aromatic heterocycles. The fourth-order valence-corrected chi connectivity index (χ4v) is 2.87. The number of rotatable bonds is 5. The second kappa shape index (κ2) is 4.79. The van der Waals surface area contributed by atoms with Crippen LogP contribution in [-0.2, 0) is 4.74 Å². The van der Waals surface area contributed by atoms with Crippen molar-refractivity contribution in [2.24, 2.45) is 5.92 Å². The predicted octanol–water partition coefficient (Wildman–Crippen LogP) is 2.80. The first kappa shape index (κ1) is 12.6. The van der Waals surface area contributed by atoms with Crippen LogP contribution in [0.2, 0.25) is 0 Å². The normalized spacial score (nSPS) is 25.6. The maximum Gasteiger partial charge on any atom is 0.0777 e. The summed E-state index contributed by atoms with van der Waals surface area (Å²) in [6.07, 6.45) is 1.27. The molecule has 1 saturated carbocycles. The second-order valence-corrected chi connectivity index (χ2v) is 5.49. The Balaban J connectivity index is 2.07. The molecule has 17 heavy (non-hydrogen) atoms. The van der Waals surface area contributed by atoms with Crippen LogP contribution >= 0.6 is 0 Å². The van der Waals surface area contributed by atoms with Gasteiger partial charge < -0.3 is 10.1 Å². The highest BCUT2D eigenvalue weighted by atomic mass is 16.5. The first-order chi connectivity index (χ1) is 8.10. The molecule has 0 radical (unpaired) electrons. The number of methoxy groups -OCH3 is 1. The molecule has 0 spiro atoms. The van der Waals surface area contributed by atoms with E-state index in [1.807, 2.05) is 7.05 Å². The highest BCUT2D eigenvalue weighted by Crippen LogP contribution is 2.51. The van der Waals surface area contributed by atoms with Crippen molar-refractivity contribution in [1.82, 2.24) is 5.32 Å². The van der Waals surface area contributed by atoms with Gasteiger partial charge in [0.2, 0.25) is 0 Å². The van der Waals surface area contributed by atoms with Gasteiger partial charge in [-0.3, -0.25) is 0 Å². The van der Waals surface area contributed by atoms with Crippen molar-refractivity contribution in [2.45, 2.75) is 37.8 Å². The molecule has 2 heteroatoms. The fourth-order valence-electron chi connectivity index (χ4n) is 2.87. The molecular formula is C15H23NO. The van der Waals surface area contributed by atoms with Gasteiger partial charge in [0.05, 0.1) is 5.60 Å². The molecular weight excluding hydrogens is 210 g/mol. The zero-order valence-corrected chi connectivity index (χ0v) is 11.2. The Morgan fingerprint density at radius 2 is 1.94 bits per heavy atom. The van der Waals surface area contributed by atoms with Crippen LogP contribution in [0.25, 0.3) is 0 Å². The van der Waals surface area contributed by atoms with Crippen molar-refractivity contribution in [3.05, 3.63) is 35.9 Å². The zero-order chi connectivity index (χ0) is 12.5. The summed E-state index contributed by atoms with van der Waals surface area (Å²) >= 11 is 0. The van der Waals surface area contributed by atoms with E-state index >= 15 is 0 Å². The number of nitrogens with one attached hydrogen (secondary N) is 1. The molecule has 2 nitrogen and oxygen atoms in total. The quantitative estimate of drug-likeness (QED) is 0.844. The molecule has 3 atom stereocenters. The minimum atomic E-state index is -0.108. The standard InChI is InChI=1S/C15H23NO/c1-15(2,17-4)14(16-3)13-10-12(13)11-8-6-5-7-9-11/h5-9,12-14,16H,10H2,1-4H3. The van der Waals surface area contributed by atoms with E-state index in [0.29, 0.717) is 17.9 Å². The molecule has 1 fully saturated rings. The van der Waals surface area contributed by atoms with Gasteiger partial charge >= 0.3 is 0 Å². The largest absolute Gasteiger partial charge is 0.377 e. The van der Waals surface area contributed by atoms with Crippen LogP contribution in [0.15, 0.2) is 30.3 Å². The molecule has 2 rings (SSSR count). The van der Waals surface area contributed by atoms with Crippen molar-refractivity contribution >= 4 is 0 Å². The molecule has 1 aliphatic rings. The molecule has 0 heterocycles. The third kappa shape index (κ3) is 2.53. The smallest absolute Gasteiger partial charge is 0.0777 e. The maximum atomic E-state index is 5.61. The van der Waals surface area contributed by atoms with Crippen LogP contribution < -0.4 is 5.32 Å². The minimum Gasteiger partial charge on any atom is -0.377 e. The summed E-state index contributed by atoms with van der Waals surface area (Å²) in [6, 6.07) is 11.2. The summed E-state index contributed by atoms with van der Waals surface area (Å²) in [5, 5.41) is 3.43. The van der Waals surface area contributed by atoms with Crippen molar-refractivity contribution in [3.8, 4) is 0 Å². The topological polar surface area (TPSA) is 21.3 Å². The van der Waals surface area contributed by atoms with Crippen molar-refractivity contribution in [2.75, 3.05) is 14.2 Å². The van der Waals surface area contributed by atoms with Gasteiger partial charge in [-0.2, -0.15) is 0 Å². The third-order valence-corrected chi connectivity index (χ3v) is 4.08. The highest BCUT2D eigenvalue weighted by molar-refractivity contribution is 5.27. The molecule has 94 valence electrons. The Hall–Kier alpha value is -0.860. The number of hydrogen-bond acceptors (Lipinski definition) is 2. The highest BCUT2D eigenvalue weighted by Gasteiger charge is 2.48. The lowest BCUT2D eigenvalue weighted by Crippen LogP contribution is -2.48. The van der Waals surface area contributed by atoms with Crippen LogP contribution in [-0.4, -0.2) is 25.8 Å². The van der Waals surface area contributed by atoms with Crippen LogP contribution in [0.5, 0.6) is 0 Å². The van der Waals surface area contributed by atoms with Gasteiger partial charge in [-0.25, -0.2) is 0 Å². The van der Waals surface area contributed by atoms with E-state index in [9.17, 15) is 0 Å². The van der Waals surface area contributed by atoms with Gasteiger partial charge in [-0.05, 0) is 44.7 Å². The summed E-state index contributed by atoms with van der Waals surface area (Å²) in [5.41, 5.74) is 1.35. The molecule has 0 amide bonds. The number of benzene rings is 1. The maximum absolute atomic E-state index is 5.61. The summed E-state index contributed by atoms with van der Waals surface area (Å²) in [7, 11) is 3.83. The van der Waals surface area contributed by atoms with Crippen molar-refractivity contribution < 1.29 is 4.74 Å². The van der Waals surface area contributed by atoms with Crippen molar-refractivity contribution in [3.63, 3.8) is 0 Å². The third-order valence-electron chi connectivity index (χ3n) is 4.08. The van der Waals surface area contributed by atoms with Gasteiger partial charge in [-0.15, -0.1) is 0 Å². The zero-order valence-electron chi connectivity index (χ0n) is 11.2. The van der Waals surface area contributed by atoms with Crippen LogP contribution in [0, 0.1) is 5.92 Å². The minimum absolute atomic E-state index is 0.108. The van der Waals surface area contributed by atoms with E-state index in [4.69, 9.17) is 4.74 Å². The predicted molar refractivity (Wildman–Crippen MR) is 71.2 cm³/mol. The Labute approximate surface area is 104 Å². The van der Waals surface area contributed by atoms with E-state index in [-0.39, 0.29) is 5.60 Å². The molecule has 0 saturated heterocycles. The van der Waals surface area contributed by atoms with E-state index in [1.54, 1.807) is 7.11 Å². The van der Waals surface area contributed by atoms with Crippen molar-refractivity contribution in [1.29, 1.82) is 0 Å². The number of hydrogen-bond donors (Lipinski definition) is 1. The van der Waals surface area contributed by atoms with E-state index in [0.717, 1.165) is 0 Å². The second-order valence-electron chi connectivity index (χ2n) is 5.49. The monoisotopic (exact) mass is 233 g/mol. The lowest BCUT2D eigenvalue weighted by Gasteiger charge is -2.33. The van der Waals surface area contributed by atoms with Gasteiger partial charge in [0.1, 0.15) is 0 Å². The van der Waals surface area contributed by atoms with Crippen LogP contribution in [0.1, 0.15) is 31.7 Å². The van der Waals surface area contributed by atoms with E-state index < -0.39 is 0 Å². The average Bonchev–Trinajstić information content (AvgIpc) is 3.11. The lowest BCUT2D eigenvalue weighted by atomic mass is 9.92. The Morgan fingerprint density at radius 1 is 1.29 bits per heavy atom.